The largest absolute Gasteiger partial charge is 0.494 e. The van der Waals surface area contributed by atoms with E-state index in [0.29, 0.717) is 12.2 Å². The van der Waals surface area contributed by atoms with Crippen molar-refractivity contribution < 1.29 is 18.7 Å². The van der Waals surface area contributed by atoms with Crippen LogP contribution in [0.15, 0.2) is 18.2 Å². The summed E-state index contributed by atoms with van der Waals surface area (Å²) in [6, 6.07) is 4.42. The standard InChI is InChI=1S/C13H16FNO3.ClH/c1-13(2)7-18-12(16)15-11(13)8-4-5-10(17-3)9(14)6-8;/h4-6,11H,7H2,1-3H3,(H,15,16);1H/t11-;/m1./s1. The molecular weight excluding hydrogens is 273 g/mol. The van der Waals surface area contributed by atoms with Crippen LogP contribution in [0.5, 0.6) is 5.75 Å². The monoisotopic (exact) mass is 289 g/mol. The molecule has 0 saturated carbocycles. The number of carbonyl (C=O) groups is 1. The molecule has 2 rings (SSSR count). The van der Waals surface area contributed by atoms with Gasteiger partial charge in [0, 0.05) is 5.41 Å². The number of halogens is 2. The zero-order chi connectivity index (χ0) is 13.3. The van der Waals surface area contributed by atoms with Crippen molar-refractivity contribution in [1.29, 1.82) is 0 Å². The molecule has 1 saturated heterocycles. The first kappa shape index (κ1) is 15.6. The summed E-state index contributed by atoms with van der Waals surface area (Å²) < 4.78 is 23.5. The van der Waals surface area contributed by atoms with Gasteiger partial charge in [0.05, 0.1) is 13.2 Å². The topological polar surface area (TPSA) is 47.6 Å². The molecule has 1 N–H and O–H groups in total. The number of carbonyl (C=O) groups excluding carboxylic acids is 1. The van der Waals surface area contributed by atoms with Crippen molar-refractivity contribution in [2.75, 3.05) is 13.7 Å². The third-order valence-corrected chi connectivity index (χ3v) is 3.13. The van der Waals surface area contributed by atoms with Crippen LogP contribution >= 0.6 is 12.4 Å². The first-order valence-electron chi connectivity index (χ1n) is 5.71. The molecule has 6 heteroatoms. The second-order valence-corrected chi connectivity index (χ2v) is 5.04. The SMILES string of the molecule is COc1ccc([C@H]2NC(=O)OCC2(C)C)cc1F.Cl. The quantitative estimate of drug-likeness (QED) is 0.910. The molecule has 1 amide bonds. The summed E-state index contributed by atoms with van der Waals surface area (Å²) in [6.07, 6.45) is -0.476. The number of ether oxygens (including phenoxy) is 2. The molecule has 1 fully saturated rings. The van der Waals surface area contributed by atoms with Gasteiger partial charge in [-0.25, -0.2) is 9.18 Å². The number of methoxy groups -OCH3 is 1. The van der Waals surface area contributed by atoms with Gasteiger partial charge in [0.25, 0.3) is 0 Å². The molecule has 0 aromatic heterocycles. The Kier molecular flexibility index (Phi) is 4.63. The molecule has 1 atom stereocenters. The molecule has 4 nitrogen and oxygen atoms in total. The molecule has 1 aromatic carbocycles. The van der Waals surface area contributed by atoms with E-state index in [0.717, 1.165) is 0 Å². The van der Waals surface area contributed by atoms with Gasteiger partial charge in [0.1, 0.15) is 6.61 Å². The second kappa shape index (κ2) is 5.65. The lowest BCUT2D eigenvalue weighted by Gasteiger charge is -2.38. The first-order valence-corrected chi connectivity index (χ1v) is 5.71. The maximum absolute atomic E-state index is 13.7. The highest BCUT2D eigenvalue weighted by atomic mass is 35.5. The van der Waals surface area contributed by atoms with Gasteiger partial charge in [0.2, 0.25) is 0 Å². The molecule has 1 aliphatic heterocycles. The first-order chi connectivity index (χ1) is 8.44. The fourth-order valence-electron chi connectivity index (χ4n) is 2.09. The normalized spacial score (nSPS) is 20.8. The molecule has 1 aromatic rings. The molecular formula is C13H17ClFNO3. The van der Waals surface area contributed by atoms with Crippen LogP contribution < -0.4 is 10.1 Å². The van der Waals surface area contributed by atoms with E-state index in [-0.39, 0.29) is 29.6 Å². The summed E-state index contributed by atoms with van der Waals surface area (Å²) in [6.45, 7) is 4.22. The Bertz CT molecular complexity index is 479. The second-order valence-electron chi connectivity index (χ2n) is 5.04. The van der Waals surface area contributed by atoms with Crippen LogP contribution in [0.1, 0.15) is 25.5 Å². The van der Waals surface area contributed by atoms with Crippen LogP contribution in [-0.2, 0) is 4.74 Å². The summed E-state index contributed by atoms with van der Waals surface area (Å²) in [5.41, 5.74) is 0.407. The Balaban J connectivity index is 0.00000180. The molecule has 0 unspecified atom stereocenters. The molecule has 19 heavy (non-hydrogen) atoms. The zero-order valence-electron chi connectivity index (χ0n) is 11.0. The molecule has 0 aliphatic carbocycles. The van der Waals surface area contributed by atoms with Gasteiger partial charge in [-0.1, -0.05) is 19.9 Å². The molecule has 1 heterocycles. The van der Waals surface area contributed by atoms with Crippen molar-refractivity contribution in [2.45, 2.75) is 19.9 Å². The number of hydrogen-bond acceptors (Lipinski definition) is 3. The van der Waals surface area contributed by atoms with E-state index in [4.69, 9.17) is 9.47 Å². The van der Waals surface area contributed by atoms with Gasteiger partial charge in [-0.15, -0.1) is 12.4 Å². The van der Waals surface area contributed by atoms with Gasteiger partial charge in [-0.2, -0.15) is 0 Å². The van der Waals surface area contributed by atoms with Gasteiger partial charge in [-0.3, -0.25) is 0 Å². The number of benzene rings is 1. The average Bonchev–Trinajstić information content (AvgIpc) is 2.32. The Morgan fingerprint density at radius 1 is 1.47 bits per heavy atom. The Hall–Kier alpha value is -1.49. The van der Waals surface area contributed by atoms with Gasteiger partial charge in [-0.05, 0) is 17.7 Å². The maximum atomic E-state index is 13.7. The molecule has 0 radical (unpaired) electrons. The van der Waals surface area contributed by atoms with E-state index in [1.165, 1.54) is 13.2 Å². The highest BCUT2D eigenvalue weighted by molar-refractivity contribution is 5.85. The highest BCUT2D eigenvalue weighted by Crippen LogP contribution is 2.37. The van der Waals surface area contributed by atoms with E-state index < -0.39 is 11.9 Å². The van der Waals surface area contributed by atoms with Crippen LogP contribution in [0.25, 0.3) is 0 Å². The third kappa shape index (κ3) is 3.10. The predicted molar refractivity (Wildman–Crippen MR) is 71.2 cm³/mol. The minimum absolute atomic E-state index is 0. The average molecular weight is 290 g/mol. The number of nitrogens with one attached hydrogen (secondary N) is 1. The Labute approximate surface area is 117 Å². The van der Waals surface area contributed by atoms with E-state index in [1.54, 1.807) is 12.1 Å². The number of amides is 1. The van der Waals surface area contributed by atoms with Crippen molar-refractivity contribution in [3.8, 4) is 5.75 Å². The minimum atomic E-state index is -0.476. The lowest BCUT2D eigenvalue weighted by molar-refractivity contribution is 0.0386. The minimum Gasteiger partial charge on any atom is -0.494 e. The number of alkyl carbamates (subject to hydrolysis) is 1. The zero-order valence-corrected chi connectivity index (χ0v) is 11.8. The van der Waals surface area contributed by atoms with Crippen LogP contribution in [0.2, 0.25) is 0 Å². The van der Waals surface area contributed by atoms with Crippen LogP contribution in [0.3, 0.4) is 0 Å². The molecule has 106 valence electrons. The maximum Gasteiger partial charge on any atom is 0.407 e. The van der Waals surface area contributed by atoms with E-state index >= 15 is 0 Å². The van der Waals surface area contributed by atoms with Crippen molar-refractivity contribution >= 4 is 18.5 Å². The Morgan fingerprint density at radius 3 is 2.74 bits per heavy atom. The fourth-order valence-corrected chi connectivity index (χ4v) is 2.09. The number of cyclic esters (lactones) is 1. The summed E-state index contributed by atoms with van der Waals surface area (Å²) in [7, 11) is 1.41. The fraction of sp³-hybridized carbons (Fsp3) is 0.462. The van der Waals surface area contributed by atoms with E-state index in [2.05, 4.69) is 5.32 Å². The molecule has 0 spiro atoms. The molecule has 0 bridgehead atoms. The number of rotatable bonds is 2. The van der Waals surface area contributed by atoms with Crippen molar-refractivity contribution in [3.63, 3.8) is 0 Å². The van der Waals surface area contributed by atoms with Crippen molar-refractivity contribution in [2.24, 2.45) is 5.41 Å². The van der Waals surface area contributed by atoms with Gasteiger partial charge >= 0.3 is 6.09 Å². The third-order valence-electron chi connectivity index (χ3n) is 3.13. The highest BCUT2D eigenvalue weighted by Gasteiger charge is 2.38. The number of hydrogen-bond donors (Lipinski definition) is 1. The van der Waals surface area contributed by atoms with Crippen molar-refractivity contribution in [3.05, 3.63) is 29.6 Å². The van der Waals surface area contributed by atoms with Gasteiger partial charge < -0.3 is 14.8 Å². The van der Waals surface area contributed by atoms with Crippen LogP contribution in [-0.4, -0.2) is 19.8 Å². The predicted octanol–water partition coefficient (Wildman–Crippen LogP) is 3.06. The van der Waals surface area contributed by atoms with E-state index in [9.17, 15) is 9.18 Å². The molecule has 1 aliphatic rings. The van der Waals surface area contributed by atoms with Crippen LogP contribution in [0, 0.1) is 11.2 Å². The van der Waals surface area contributed by atoms with Crippen molar-refractivity contribution in [1.82, 2.24) is 5.32 Å². The summed E-state index contributed by atoms with van der Waals surface area (Å²) in [4.78, 5) is 11.3. The van der Waals surface area contributed by atoms with Crippen LogP contribution in [0.4, 0.5) is 9.18 Å². The lowest BCUT2D eigenvalue weighted by Crippen LogP contribution is -2.46. The smallest absolute Gasteiger partial charge is 0.407 e. The summed E-state index contributed by atoms with van der Waals surface area (Å²) in [5.74, 6) is -0.249. The summed E-state index contributed by atoms with van der Waals surface area (Å²) >= 11 is 0. The van der Waals surface area contributed by atoms with Gasteiger partial charge in [0.15, 0.2) is 11.6 Å². The lowest BCUT2D eigenvalue weighted by atomic mass is 9.80. The summed E-state index contributed by atoms with van der Waals surface area (Å²) in [5, 5.41) is 2.72. The Morgan fingerprint density at radius 2 is 2.16 bits per heavy atom. The van der Waals surface area contributed by atoms with E-state index in [1.807, 2.05) is 13.8 Å².